The molecule has 3 aliphatic rings. The zero-order chi connectivity index (χ0) is 10.5. The van der Waals surface area contributed by atoms with E-state index in [1.165, 1.54) is 51.7 Å². The van der Waals surface area contributed by atoms with Crippen molar-refractivity contribution in [3.63, 3.8) is 0 Å². The number of hydrogen-bond acceptors (Lipinski definition) is 2. The van der Waals surface area contributed by atoms with E-state index >= 15 is 0 Å². The first kappa shape index (κ1) is 10.1. The van der Waals surface area contributed by atoms with Gasteiger partial charge in [0, 0.05) is 30.7 Å². The molecule has 2 unspecified atom stereocenters. The van der Waals surface area contributed by atoms with Crippen LogP contribution >= 0.6 is 0 Å². The van der Waals surface area contributed by atoms with Crippen molar-refractivity contribution in [1.82, 2.24) is 9.80 Å². The molecule has 2 aliphatic heterocycles. The van der Waals surface area contributed by atoms with Crippen LogP contribution in [0.5, 0.6) is 0 Å². The fourth-order valence-electron chi connectivity index (χ4n) is 3.57. The molecule has 0 N–H and O–H groups in total. The van der Waals surface area contributed by atoms with Crippen LogP contribution in [0.4, 0.5) is 0 Å². The van der Waals surface area contributed by atoms with Crippen molar-refractivity contribution < 1.29 is 0 Å². The molecule has 3 fully saturated rings. The molecular weight excluding hydrogens is 184 g/mol. The van der Waals surface area contributed by atoms with Crippen molar-refractivity contribution in [3.8, 4) is 0 Å². The van der Waals surface area contributed by atoms with E-state index in [-0.39, 0.29) is 0 Å². The van der Waals surface area contributed by atoms with Crippen LogP contribution in [0.2, 0.25) is 0 Å². The second kappa shape index (κ2) is 3.46. The zero-order valence-corrected chi connectivity index (χ0v) is 10.2. The molecule has 0 amide bonds. The van der Waals surface area contributed by atoms with Crippen molar-refractivity contribution >= 4 is 0 Å². The van der Waals surface area contributed by atoms with Crippen LogP contribution in [-0.2, 0) is 0 Å². The average Bonchev–Trinajstić information content (AvgIpc) is 2.83. The Bertz CT molecular complexity index is 247. The van der Waals surface area contributed by atoms with Gasteiger partial charge >= 0.3 is 0 Å². The van der Waals surface area contributed by atoms with Gasteiger partial charge in [-0.25, -0.2) is 0 Å². The lowest BCUT2D eigenvalue weighted by Crippen LogP contribution is -2.59. The van der Waals surface area contributed by atoms with Gasteiger partial charge < -0.3 is 0 Å². The summed E-state index contributed by atoms with van der Waals surface area (Å²) < 4.78 is 0. The second-order valence-electron chi connectivity index (χ2n) is 6.00. The van der Waals surface area contributed by atoms with E-state index in [4.69, 9.17) is 0 Å². The maximum absolute atomic E-state index is 2.85. The van der Waals surface area contributed by atoms with E-state index in [0.29, 0.717) is 5.54 Å². The van der Waals surface area contributed by atoms with E-state index in [0.717, 1.165) is 12.1 Å². The third-order valence-electron chi connectivity index (χ3n) is 4.93. The van der Waals surface area contributed by atoms with Gasteiger partial charge in [0.05, 0.1) is 0 Å². The summed E-state index contributed by atoms with van der Waals surface area (Å²) in [5.74, 6) is 0. The molecule has 0 aromatic carbocycles. The van der Waals surface area contributed by atoms with Gasteiger partial charge in [-0.15, -0.1) is 0 Å². The third kappa shape index (κ3) is 1.62. The Morgan fingerprint density at radius 3 is 2.73 bits per heavy atom. The summed E-state index contributed by atoms with van der Waals surface area (Å²) >= 11 is 0. The standard InChI is InChI=1S/C13H24N2/c1-3-11-9-14-8-4-5-12(14)10-15(11)13(2)6-7-13/h11-12H,3-10H2,1-2H3. The summed E-state index contributed by atoms with van der Waals surface area (Å²) in [4.78, 5) is 5.59. The number of rotatable bonds is 2. The predicted octanol–water partition coefficient (Wildman–Crippen LogP) is 2.10. The third-order valence-corrected chi connectivity index (χ3v) is 4.93. The molecular formula is C13H24N2. The average molecular weight is 208 g/mol. The molecule has 2 atom stereocenters. The molecule has 0 aromatic rings. The van der Waals surface area contributed by atoms with Crippen LogP contribution in [0.25, 0.3) is 0 Å². The fraction of sp³-hybridized carbons (Fsp3) is 1.00. The smallest absolute Gasteiger partial charge is 0.0226 e. The van der Waals surface area contributed by atoms with E-state index in [1.807, 2.05) is 0 Å². The van der Waals surface area contributed by atoms with Gasteiger partial charge in [0.15, 0.2) is 0 Å². The SMILES string of the molecule is CCC1CN2CCCC2CN1C1(C)CC1. The first-order valence-corrected chi connectivity index (χ1v) is 6.74. The highest BCUT2D eigenvalue weighted by molar-refractivity contribution is 5.06. The Morgan fingerprint density at radius 1 is 1.27 bits per heavy atom. The van der Waals surface area contributed by atoms with Crippen LogP contribution in [0, 0.1) is 0 Å². The topological polar surface area (TPSA) is 6.48 Å². The summed E-state index contributed by atoms with van der Waals surface area (Å²) in [6.45, 7) is 8.90. The Morgan fingerprint density at radius 2 is 2.07 bits per heavy atom. The quantitative estimate of drug-likeness (QED) is 0.685. The minimum atomic E-state index is 0.593. The van der Waals surface area contributed by atoms with E-state index < -0.39 is 0 Å². The lowest BCUT2D eigenvalue weighted by atomic mass is 10.0. The van der Waals surface area contributed by atoms with Crippen LogP contribution < -0.4 is 0 Å². The Balaban J connectivity index is 1.75. The molecule has 86 valence electrons. The number of nitrogens with zero attached hydrogens (tertiary/aromatic N) is 2. The lowest BCUT2D eigenvalue weighted by Gasteiger charge is -2.46. The summed E-state index contributed by atoms with van der Waals surface area (Å²) in [5, 5.41) is 0. The van der Waals surface area contributed by atoms with Crippen LogP contribution in [0.1, 0.15) is 46.0 Å². The molecule has 0 aromatic heterocycles. The number of piperazine rings is 1. The highest BCUT2D eigenvalue weighted by Crippen LogP contribution is 2.45. The zero-order valence-electron chi connectivity index (χ0n) is 10.2. The van der Waals surface area contributed by atoms with Crippen molar-refractivity contribution in [2.45, 2.75) is 63.6 Å². The molecule has 0 bridgehead atoms. The summed E-state index contributed by atoms with van der Waals surface area (Å²) in [6.07, 6.45) is 7.10. The van der Waals surface area contributed by atoms with Crippen molar-refractivity contribution in [3.05, 3.63) is 0 Å². The molecule has 2 heteroatoms. The molecule has 2 heterocycles. The Hall–Kier alpha value is -0.0800. The van der Waals surface area contributed by atoms with E-state index in [2.05, 4.69) is 23.6 Å². The molecule has 2 nitrogen and oxygen atoms in total. The normalized spacial score (nSPS) is 40.4. The predicted molar refractivity (Wildman–Crippen MR) is 63.0 cm³/mol. The minimum absolute atomic E-state index is 0.593. The van der Waals surface area contributed by atoms with Crippen LogP contribution in [0.3, 0.4) is 0 Å². The molecule has 15 heavy (non-hydrogen) atoms. The van der Waals surface area contributed by atoms with Gasteiger partial charge in [-0.1, -0.05) is 6.92 Å². The molecule has 2 saturated heterocycles. The van der Waals surface area contributed by atoms with Gasteiger partial charge in [0.25, 0.3) is 0 Å². The van der Waals surface area contributed by atoms with E-state index in [1.54, 1.807) is 0 Å². The maximum atomic E-state index is 2.85. The van der Waals surface area contributed by atoms with Crippen molar-refractivity contribution in [2.24, 2.45) is 0 Å². The van der Waals surface area contributed by atoms with E-state index in [9.17, 15) is 0 Å². The molecule has 1 aliphatic carbocycles. The highest BCUT2D eigenvalue weighted by atomic mass is 15.4. The Kier molecular flexibility index (Phi) is 2.33. The summed E-state index contributed by atoms with van der Waals surface area (Å²) in [6, 6.07) is 1.73. The largest absolute Gasteiger partial charge is 0.298 e. The fourth-order valence-corrected chi connectivity index (χ4v) is 3.57. The number of fused-ring (bicyclic) bond motifs is 1. The summed E-state index contributed by atoms with van der Waals surface area (Å²) in [5.41, 5.74) is 0.593. The molecule has 1 saturated carbocycles. The second-order valence-corrected chi connectivity index (χ2v) is 6.00. The monoisotopic (exact) mass is 208 g/mol. The van der Waals surface area contributed by atoms with Crippen LogP contribution in [-0.4, -0.2) is 47.1 Å². The number of hydrogen-bond donors (Lipinski definition) is 0. The first-order valence-electron chi connectivity index (χ1n) is 6.74. The van der Waals surface area contributed by atoms with Crippen molar-refractivity contribution in [1.29, 1.82) is 0 Å². The highest BCUT2D eigenvalue weighted by Gasteiger charge is 2.49. The van der Waals surface area contributed by atoms with Gasteiger partial charge in [-0.2, -0.15) is 0 Å². The lowest BCUT2D eigenvalue weighted by molar-refractivity contribution is 0.0144. The van der Waals surface area contributed by atoms with Crippen LogP contribution in [0.15, 0.2) is 0 Å². The van der Waals surface area contributed by atoms with Gasteiger partial charge in [0.2, 0.25) is 0 Å². The van der Waals surface area contributed by atoms with Gasteiger partial charge in [-0.3, -0.25) is 9.80 Å². The van der Waals surface area contributed by atoms with Crippen molar-refractivity contribution in [2.75, 3.05) is 19.6 Å². The Labute approximate surface area is 93.6 Å². The molecule has 0 spiro atoms. The molecule has 0 radical (unpaired) electrons. The molecule has 3 rings (SSSR count). The van der Waals surface area contributed by atoms with Gasteiger partial charge in [-0.05, 0) is 45.6 Å². The first-order chi connectivity index (χ1) is 7.23. The summed E-state index contributed by atoms with van der Waals surface area (Å²) in [7, 11) is 0. The van der Waals surface area contributed by atoms with Gasteiger partial charge in [0.1, 0.15) is 0 Å². The maximum Gasteiger partial charge on any atom is 0.0226 e. The minimum Gasteiger partial charge on any atom is -0.298 e.